The highest BCUT2D eigenvalue weighted by Crippen LogP contribution is 2.58. The number of allylic oxidation sites excluding steroid dienone is 1. The maximum absolute atomic E-state index is 12.9. The standard InChI is InChI=1S/C20H21NO6/c1-21-12-4-10-5-14-15(27-9-26-14)6-11(10)20(8-16(21)23)7-13(22)18(24-2)19(25-3)17(12)20/h5-6,12,17H,4,7-9H2,1-3H3/t12-,17-,20+/m1/s1. The van der Waals surface area contributed by atoms with Crippen LogP contribution in [0.4, 0.5) is 0 Å². The number of fused-ring (bicyclic) bond motifs is 2. The van der Waals surface area contributed by atoms with Gasteiger partial charge in [-0.25, -0.2) is 0 Å². The molecular formula is C20H21NO6. The Morgan fingerprint density at radius 3 is 2.56 bits per heavy atom. The van der Waals surface area contributed by atoms with Crippen molar-refractivity contribution in [3.05, 3.63) is 34.8 Å². The van der Waals surface area contributed by atoms with Gasteiger partial charge < -0.3 is 23.8 Å². The van der Waals surface area contributed by atoms with Gasteiger partial charge in [-0.2, -0.15) is 0 Å². The molecule has 7 heteroatoms. The number of likely N-dealkylation sites (N-methyl/N-ethyl adjacent to an activating group) is 1. The van der Waals surface area contributed by atoms with Crippen molar-refractivity contribution in [3.8, 4) is 11.5 Å². The number of benzene rings is 1. The summed E-state index contributed by atoms with van der Waals surface area (Å²) in [5, 5.41) is 0. The highest BCUT2D eigenvalue weighted by atomic mass is 16.7. The van der Waals surface area contributed by atoms with Crippen molar-refractivity contribution in [1.82, 2.24) is 4.90 Å². The minimum absolute atomic E-state index is 0.0451. The molecule has 3 atom stereocenters. The Labute approximate surface area is 156 Å². The van der Waals surface area contributed by atoms with E-state index in [1.807, 2.05) is 19.2 Å². The van der Waals surface area contributed by atoms with Crippen LogP contribution in [0, 0.1) is 5.92 Å². The normalized spacial score (nSPS) is 30.9. The van der Waals surface area contributed by atoms with E-state index < -0.39 is 5.41 Å². The van der Waals surface area contributed by atoms with Crippen LogP contribution in [0.2, 0.25) is 0 Å². The number of hydrogen-bond acceptors (Lipinski definition) is 6. The number of carbonyl (C=O) groups excluding carboxylic acids is 2. The van der Waals surface area contributed by atoms with Crippen LogP contribution < -0.4 is 9.47 Å². The lowest BCUT2D eigenvalue weighted by atomic mass is 9.53. The van der Waals surface area contributed by atoms with E-state index in [-0.39, 0.29) is 49.0 Å². The zero-order valence-electron chi connectivity index (χ0n) is 15.5. The van der Waals surface area contributed by atoms with Crippen molar-refractivity contribution in [3.63, 3.8) is 0 Å². The van der Waals surface area contributed by atoms with E-state index in [4.69, 9.17) is 18.9 Å². The summed E-state index contributed by atoms with van der Waals surface area (Å²) >= 11 is 0. The maximum atomic E-state index is 12.9. The molecule has 7 nitrogen and oxygen atoms in total. The zero-order valence-corrected chi connectivity index (χ0v) is 15.5. The molecule has 2 heterocycles. The number of ether oxygens (including phenoxy) is 4. The molecule has 5 rings (SSSR count). The predicted molar refractivity (Wildman–Crippen MR) is 93.3 cm³/mol. The number of piperidine rings is 1. The van der Waals surface area contributed by atoms with Gasteiger partial charge in [-0.15, -0.1) is 0 Å². The van der Waals surface area contributed by atoms with Crippen LogP contribution in [0.25, 0.3) is 0 Å². The van der Waals surface area contributed by atoms with E-state index in [2.05, 4.69) is 0 Å². The molecule has 0 unspecified atom stereocenters. The summed E-state index contributed by atoms with van der Waals surface area (Å²) in [7, 11) is 4.88. The number of likely N-dealkylation sites (tertiary alicyclic amines) is 1. The Bertz CT molecular complexity index is 906. The fourth-order valence-corrected chi connectivity index (χ4v) is 5.41. The van der Waals surface area contributed by atoms with Crippen molar-refractivity contribution in [2.45, 2.75) is 30.7 Å². The van der Waals surface area contributed by atoms with Crippen LogP contribution in [0.1, 0.15) is 24.0 Å². The number of rotatable bonds is 2. The van der Waals surface area contributed by atoms with Gasteiger partial charge >= 0.3 is 0 Å². The first-order valence-corrected chi connectivity index (χ1v) is 9.04. The first-order chi connectivity index (χ1) is 13.0. The molecule has 0 radical (unpaired) electrons. The highest BCUT2D eigenvalue weighted by molar-refractivity contribution is 5.98. The lowest BCUT2D eigenvalue weighted by Gasteiger charge is -2.56. The number of Topliss-reactive ketones (excluding diaryl/α,β-unsaturated/α-hetero) is 1. The van der Waals surface area contributed by atoms with Gasteiger partial charge in [0.15, 0.2) is 17.3 Å². The summed E-state index contributed by atoms with van der Waals surface area (Å²) in [6.45, 7) is 0.187. The Morgan fingerprint density at radius 2 is 1.85 bits per heavy atom. The predicted octanol–water partition coefficient (Wildman–Crippen LogP) is 1.53. The van der Waals surface area contributed by atoms with Gasteiger partial charge in [0, 0.05) is 31.3 Å². The molecule has 27 heavy (non-hydrogen) atoms. The second-order valence-electron chi connectivity index (χ2n) is 7.65. The molecule has 1 aromatic rings. The summed E-state index contributed by atoms with van der Waals surface area (Å²) in [6.07, 6.45) is 1.14. The number of ketones is 1. The molecule has 0 spiro atoms. The highest BCUT2D eigenvalue weighted by Gasteiger charge is 2.61. The van der Waals surface area contributed by atoms with Gasteiger partial charge in [0.2, 0.25) is 18.5 Å². The fraction of sp³-hybridized carbons (Fsp3) is 0.500. The van der Waals surface area contributed by atoms with Gasteiger partial charge in [-0.1, -0.05) is 0 Å². The number of hydrogen-bond donors (Lipinski definition) is 0. The van der Waals surface area contributed by atoms with Gasteiger partial charge in [-0.05, 0) is 29.7 Å². The molecular weight excluding hydrogens is 350 g/mol. The lowest BCUT2D eigenvalue weighted by Crippen LogP contribution is -2.63. The first kappa shape index (κ1) is 16.5. The van der Waals surface area contributed by atoms with E-state index in [0.717, 1.165) is 16.9 Å². The van der Waals surface area contributed by atoms with Crippen LogP contribution in [0.3, 0.4) is 0 Å². The molecule has 0 saturated carbocycles. The largest absolute Gasteiger partial charge is 0.497 e. The topological polar surface area (TPSA) is 74.3 Å². The molecule has 0 aromatic heterocycles. The minimum Gasteiger partial charge on any atom is -0.497 e. The van der Waals surface area contributed by atoms with E-state index in [9.17, 15) is 9.59 Å². The third kappa shape index (κ3) is 1.97. The quantitative estimate of drug-likeness (QED) is 0.785. The Kier molecular flexibility index (Phi) is 3.30. The van der Waals surface area contributed by atoms with Crippen molar-refractivity contribution in [2.75, 3.05) is 28.1 Å². The fourth-order valence-electron chi connectivity index (χ4n) is 5.41. The summed E-state index contributed by atoms with van der Waals surface area (Å²) < 4.78 is 22.2. The third-order valence-electron chi connectivity index (χ3n) is 6.56. The number of carbonyl (C=O) groups is 2. The van der Waals surface area contributed by atoms with Gasteiger partial charge in [0.05, 0.1) is 20.1 Å². The first-order valence-electron chi connectivity index (χ1n) is 9.04. The van der Waals surface area contributed by atoms with E-state index >= 15 is 0 Å². The van der Waals surface area contributed by atoms with Crippen LogP contribution in [0.15, 0.2) is 23.7 Å². The molecule has 4 aliphatic rings. The monoisotopic (exact) mass is 371 g/mol. The second-order valence-corrected chi connectivity index (χ2v) is 7.65. The van der Waals surface area contributed by atoms with Crippen LogP contribution in [0.5, 0.6) is 11.5 Å². The number of amides is 1. The van der Waals surface area contributed by atoms with E-state index in [1.54, 1.807) is 12.0 Å². The van der Waals surface area contributed by atoms with Crippen molar-refractivity contribution < 1.29 is 28.5 Å². The SMILES string of the molecule is COC1=C(OC)[C@H]2[C@H]3Cc4cc5c(cc4[C@]2(CC1=O)CC(=O)N3C)OCO5. The summed E-state index contributed by atoms with van der Waals surface area (Å²) in [5.41, 5.74) is 1.45. The molecule has 0 N–H and O–H groups in total. The molecule has 1 saturated heterocycles. The van der Waals surface area contributed by atoms with E-state index in [1.165, 1.54) is 7.11 Å². The molecule has 142 valence electrons. The van der Waals surface area contributed by atoms with Gasteiger partial charge in [-0.3, -0.25) is 9.59 Å². The van der Waals surface area contributed by atoms with Crippen molar-refractivity contribution >= 4 is 11.7 Å². The molecule has 1 amide bonds. The third-order valence-corrected chi connectivity index (χ3v) is 6.56. The molecule has 1 fully saturated rings. The zero-order chi connectivity index (χ0) is 18.9. The lowest BCUT2D eigenvalue weighted by molar-refractivity contribution is -0.145. The van der Waals surface area contributed by atoms with Crippen LogP contribution in [-0.2, 0) is 30.9 Å². The Morgan fingerprint density at radius 1 is 1.11 bits per heavy atom. The molecule has 1 aromatic carbocycles. The van der Waals surface area contributed by atoms with Gasteiger partial charge in [0.25, 0.3) is 0 Å². The number of methoxy groups -OCH3 is 2. The van der Waals surface area contributed by atoms with Gasteiger partial charge in [0.1, 0.15) is 5.76 Å². The average molecular weight is 371 g/mol. The number of nitrogens with zero attached hydrogens (tertiary/aromatic N) is 1. The molecule has 2 bridgehead atoms. The summed E-state index contributed by atoms with van der Waals surface area (Å²) in [6, 6.07) is 3.85. The maximum Gasteiger partial charge on any atom is 0.231 e. The van der Waals surface area contributed by atoms with Crippen LogP contribution in [-0.4, -0.2) is 50.7 Å². The van der Waals surface area contributed by atoms with Crippen molar-refractivity contribution in [1.29, 1.82) is 0 Å². The smallest absolute Gasteiger partial charge is 0.231 e. The summed E-state index contributed by atoms with van der Waals surface area (Å²) in [4.78, 5) is 27.5. The Hall–Kier alpha value is -2.70. The second kappa shape index (κ2) is 5.41. The summed E-state index contributed by atoms with van der Waals surface area (Å²) in [5.74, 6) is 1.98. The van der Waals surface area contributed by atoms with Crippen molar-refractivity contribution in [2.24, 2.45) is 5.92 Å². The minimum atomic E-state index is -0.646. The van der Waals surface area contributed by atoms with Crippen LogP contribution >= 0.6 is 0 Å². The molecule has 2 aliphatic carbocycles. The average Bonchev–Trinajstić information content (AvgIpc) is 3.10. The Balaban J connectivity index is 1.79. The molecule has 2 aliphatic heterocycles. The van der Waals surface area contributed by atoms with E-state index in [0.29, 0.717) is 17.9 Å².